The van der Waals surface area contributed by atoms with Gasteiger partial charge >= 0.3 is 118 Å². The van der Waals surface area contributed by atoms with Crippen LogP contribution in [0.3, 0.4) is 0 Å². The maximum absolute atomic E-state index is 12.2. The van der Waals surface area contributed by atoms with Crippen molar-refractivity contribution in [2.75, 3.05) is 0 Å². The van der Waals surface area contributed by atoms with Gasteiger partial charge in [0.05, 0.1) is 85.6 Å². The zero-order valence-electron chi connectivity index (χ0n) is 37.7. The van der Waals surface area contributed by atoms with Crippen LogP contribution in [0.5, 0.6) is 0 Å². The number of nitrogens with one attached hydrogen (secondary N) is 5. The first-order chi connectivity index (χ1) is 28.6. The number of halogens is 1. The summed E-state index contributed by atoms with van der Waals surface area (Å²) < 4.78 is 146. The molecule has 0 radical (unpaired) electrons. The topological polar surface area (TPSA) is 338 Å². The fourth-order valence-corrected chi connectivity index (χ4v) is 16.8. The van der Waals surface area contributed by atoms with Gasteiger partial charge in [0.1, 0.15) is 18.2 Å². The summed E-state index contributed by atoms with van der Waals surface area (Å²) in [6.45, 7) is 0. The average molecular weight is 1050 g/mol. The molecule has 12 atom stereocenters. The second-order valence-corrected chi connectivity index (χ2v) is 25.2. The third kappa shape index (κ3) is 17.0. The normalized spacial score (nSPS) is 40.8. The quantitative estimate of drug-likeness (QED) is 0.0398. The molecule has 0 amide bonds. The largest absolute Gasteiger partial charge is 1.00 e. The summed E-state index contributed by atoms with van der Waals surface area (Å²) in [6.07, 6.45) is 7.35. The van der Waals surface area contributed by atoms with E-state index in [-0.39, 0.29) is 194 Å². The standard InChI is InChI=1S/C35H62ClN9O12S4.4Na/c36-33-39-34(37-19-7-11-21(12-8-19)42-44-23-15-27-25(31(17-23)60(52,53)54)3-1-5-29(27)58(46,47)48)41-35(40-33)38-20-9-13-22(14-10-20)43-45-24-16-28-26(32(18-24)61(55,56)57)4-2-6-30(28)59(49,50)51;;;;/h19-35,37-41H,1-18H2,(H,46,47,48)(H,49,50,51)(H,52,53,54)(H,55,56,57);;;;/q;4*+1/p-4. The molecule has 65 heavy (non-hydrogen) atoms. The molecule has 0 aromatic rings. The number of fused-ring (bicyclic) bond motifs is 2. The van der Waals surface area contributed by atoms with E-state index in [9.17, 15) is 51.9 Å². The molecule has 0 aromatic heterocycles. The second-order valence-electron chi connectivity index (χ2n) is 18.4. The smallest absolute Gasteiger partial charge is 0.748 e. The van der Waals surface area contributed by atoms with Crippen molar-refractivity contribution in [1.29, 1.82) is 0 Å². The first-order valence-corrected chi connectivity index (χ1v) is 28.0. The number of hydrogen-bond donors (Lipinski definition) is 5. The van der Waals surface area contributed by atoms with Crippen molar-refractivity contribution in [2.24, 2.45) is 44.1 Å². The van der Waals surface area contributed by atoms with E-state index in [0.29, 0.717) is 51.4 Å². The van der Waals surface area contributed by atoms with Crippen LogP contribution in [0, 0.1) is 23.7 Å². The van der Waals surface area contributed by atoms with Gasteiger partial charge in [-0.2, -0.15) is 20.5 Å². The maximum Gasteiger partial charge on any atom is 1.00 e. The summed E-state index contributed by atoms with van der Waals surface area (Å²) in [5.41, 5.74) is -0.555. The fraction of sp³-hybridized carbons (Fsp3) is 1.00. The number of rotatable bonds is 12. The van der Waals surface area contributed by atoms with E-state index in [2.05, 4.69) is 47.0 Å². The van der Waals surface area contributed by atoms with Crippen molar-refractivity contribution in [3.63, 3.8) is 0 Å². The van der Waals surface area contributed by atoms with E-state index >= 15 is 0 Å². The van der Waals surface area contributed by atoms with Crippen molar-refractivity contribution in [2.45, 2.75) is 191 Å². The Bertz CT molecular complexity index is 1920. The Balaban J connectivity index is 0.00000281. The second kappa shape index (κ2) is 26.4. The third-order valence-electron chi connectivity index (χ3n) is 14.6. The van der Waals surface area contributed by atoms with Crippen molar-refractivity contribution in [3.8, 4) is 0 Å². The van der Waals surface area contributed by atoms with Crippen molar-refractivity contribution < 1.29 is 170 Å². The van der Waals surface area contributed by atoms with Gasteiger partial charge in [-0.05, 0) is 126 Å². The van der Waals surface area contributed by atoms with Crippen LogP contribution < -0.4 is 145 Å². The molecule has 350 valence electrons. The van der Waals surface area contributed by atoms with E-state index in [1.54, 1.807) is 0 Å². The van der Waals surface area contributed by atoms with Gasteiger partial charge in [-0.1, -0.05) is 24.4 Å². The van der Waals surface area contributed by atoms with Crippen LogP contribution in [-0.4, -0.2) is 127 Å². The summed E-state index contributed by atoms with van der Waals surface area (Å²) >= 11 is 6.53. The molecule has 1 heterocycles. The van der Waals surface area contributed by atoms with Crippen LogP contribution in [-0.2, 0) is 40.5 Å². The summed E-state index contributed by atoms with van der Waals surface area (Å²) in [4.78, 5) is 0. The number of azo groups is 2. The van der Waals surface area contributed by atoms with Crippen LogP contribution >= 0.6 is 11.6 Å². The molecule has 7 aliphatic rings. The van der Waals surface area contributed by atoms with E-state index in [4.69, 9.17) is 11.6 Å². The molecule has 7 rings (SSSR count). The summed E-state index contributed by atoms with van der Waals surface area (Å²) in [5.74, 6) is -2.82. The van der Waals surface area contributed by atoms with Gasteiger partial charge < -0.3 is 18.2 Å². The molecule has 1 saturated heterocycles. The van der Waals surface area contributed by atoms with Gasteiger partial charge in [0, 0.05) is 12.1 Å². The zero-order chi connectivity index (χ0) is 43.9. The molecule has 0 aromatic carbocycles. The molecule has 5 N–H and O–H groups in total. The van der Waals surface area contributed by atoms with Crippen molar-refractivity contribution in [1.82, 2.24) is 26.6 Å². The third-order valence-corrected chi connectivity index (χ3v) is 20.1. The van der Waals surface area contributed by atoms with Gasteiger partial charge in [0.2, 0.25) is 0 Å². The predicted molar refractivity (Wildman–Crippen MR) is 216 cm³/mol. The molecular formula is C35H58ClN9Na4O12S4. The number of hydrogen-bond acceptors (Lipinski definition) is 21. The minimum Gasteiger partial charge on any atom is -0.748 e. The monoisotopic (exact) mass is 1050 g/mol. The molecule has 0 spiro atoms. The summed E-state index contributed by atoms with van der Waals surface area (Å²) in [7, 11) is -18.8. The SMILES string of the molecule is O=S(=O)([O-])C1CCCC2C1CC(N=NC1CCC(NC3NC(Cl)NC(NC4CCC(N=NC5CC6C(CCCC6S(=O)(=O)[O-])C(S(=O)(=O)[O-])C5)CC4)N3)CC1)CC2S(=O)(=O)[O-].[Na+].[Na+].[Na+].[Na+]. The maximum atomic E-state index is 12.2. The molecule has 7 fully saturated rings. The van der Waals surface area contributed by atoms with E-state index in [1.165, 1.54) is 0 Å². The van der Waals surface area contributed by atoms with Gasteiger partial charge in [-0.25, -0.2) is 33.7 Å². The molecule has 6 aliphatic carbocycles. The number of alkyl halides is 1. The van der Waals surface area contributed by atoms with Crippen molar-refractivity contribution in [3.05, 3.63) is 0 Å². The average Bonchev–Trinajstić information content (AvgIpc) is 3.17. The van der Waals surface area contributed by atoms with E-state index in [0.717, 1.165) is 25.7 Å². The van der Waals surface area contributed by atoms with Crippen LogP contribution in [0.4, 0.5) is 0 Å². The molecular weight excluding hydrogens is 994 g/mol. The zero-order valence-corrected chi connectivity index (χ0v) is 49.8. The Labute approximate surface area is 477 Å². The van der Waals surface area contributed by atoms with Crippen LogP contribution in [0.1, 0.15) is 116 Å². The Morgan fingerprint density at radius 2 is 0.723 bits per heavy atom. The summed E-state index contributed by atoms with van der Waals surface area (Å²) in [5, 5.41) is 29.9. The molecule has 21 nitrogen and oxygen atoms in total. The molecule has 1 aliphatic heterocycles. The molecule has 12 unspecified atom stereocenters. The van der Waals surface area contributed by atoms with Gasteiger partial charge in [0.15, 0.2) is 0 Å². The Kier molecular flexibility index (Phi) is 25.3. The number of nitrogens with zero attached hydrogens (tertiary/aromatic N) is 4. The van der Waals surface area contributed by atoms with Gasteiger partial charge in [-0.3, -0.25) is 26.6 Å². The first-order valence-electron chi connectivity index (χ1n) is 21.6. The fourth-order valence-electron chi connectivity index (χ4n) is 11.7. The van der Waals surface area contributed by atoms with Gasteiger partial charge in [0.25, 0.3) is 0 Å². The Morgan fingerprint density at radius 1 is 0.400 bits per heavy atom. The first kappa shape index (κ1) is 62.2. The Hall–Kier alpha value is 2.93. The van der Waals surface area contributed by atoms with Crippen LogP contribution in [0.2, 0.25) is 0 Å². The summed E-state index contributed by atoms with van der Waals surface area (Å²) in [6, 6.07) is -1.34. The Morgan fingerprint density at radius 3 is 1.05 bits per heavy atom. The molecule has 6 saturated carbocycles. The van der Waals surface area contributed by atoms with Crippen LogP contribution in [0.15, 0.2) is 20.5 Å². The molecule has 30 heteroatoms. The van der Waals surface area contributed by atoms with E-state index in [1.807, 2.05) is 0 Å². The van der Waals surface area contributed by atoms with Gasteiger partial charge in [-0.15, -0.1) is 0 Å². The molecule has 0 bridgehead atoms. The van der Waals surface area contributed by atoms with Crippen molar-refractivity contribution >= 4 is 52.1 Å². The predicted octanol–water partition coefficient (Wildman–Crippen LogP) is -10.6. The van der Waals surface area contributed by atoms with Crippen LogP contribution in [0.25, 0.3) is 0 Å². The minimum atomic E-state index is -4.74. The van der Waals surface area contributed by atoms with E-state index < -0.39 is 103 Å². The minimum absolute atomic E-state index is 0.